The second-order valence-corrected chi connectivity index (χ2v) is 5.14. The smallest absolute Gasteiger partial charge is 0.252 e. The average Bonchev–Trinajstić information content (AvgIpc) is 2.70. The Morgan fingerprint density at radius 3 is 3.07 bits per heavy atom. The first-order valence-electron chi connectivity index (χ1n) is 4.68. The van der Waals surface area contributed by atoms with Crippen LogP contribution in [0.15, 0.2) is 16.8 Å². The van der Waals surface area contributed by atoms with Crippen molar-refractivity contribution >= 4 is 33.2 Å². The molecule has 1 heterocycles. The quantitative estimate of drug-likeness (QED) is 0.823. The summed E-state index contributed by atoms with van der Waals surface area (Å²) in [7, 11) is 0. The predicted molar refractivity (Wildman–Crippen MR) is 64.3 cm³/mol. The van der Waals surface area contributed by atoms with Gasteiger partial charge in [0.25, 0.3) is 5.91 Å². The number of carbonyl (C=O) groups is 1. The molecule has 0 fully saturated rings. The van der Waals surface area contributed by atoms with Gasteiger partial charge in [-0.1, -0.05) is 22.9 Å². The molecule has 0 spiro atoms. The van der Waals surface area contributed by atoms with E-state index < -0.39 is 0 Å². The van der Waals surface area contributed by atoms with Crippen molar-refractivity contribution in [1.82, 2.24) is 5.32 Å². The van der Waals surface area contributed by atoms with Gasteiger partial charge in [0, 0.05) is 22.3 Å². The lowest BCUT2D eigenvalue weighted by molar-refractivity contribution is 0.0953. The zero-order valence-electron chi connectivity index (χ0n) is 8.13. The van der Waals surface area contributed by atoms with Gasteiger partial charge in [0.2, 0.25) is 0 Å². The zero-order chi connectivity index (χ0) is 10.4. The lowest BCUT2D eigenvalue weighted by Crippen LogP contribution is -2.25. The first-order valence-corrected chi connectivity index (χ1v) is 6.54. The van der Waals surface area contributed by atoms with Crippen LogP contribution in [0.4, 0.5) is 0 Å². The molecule has 4 heteroatoms. The van der Waals surface area contributed by atoms with Crippen LogP contribution in [0, 0.1) is 0 Å². The molecule has 1 aromatic heterocycles. The fourth-order valence-electron chi connectivity index (χ4n) is 1.04. The molecule has 0 radical (unpaired) electrons. The minimum atomic E-state index is 0.0297. The molecule has 0 bridgehead atoms. The van der Waals surface area contributed by atoms with Crippen LogP contribution in [0.5, 0.6) is 0 Å². The van der Waals surface area contributed by atoms with Crippen molar-refractivity contribution in [2.75, 3.05) is 6.54 Å². The normalized spacial score (nSPS) is 12.4. The second-order valence-electron chi connectivity index (χ2n) is 3.06. The van der Waals surface area contributed by atoms with E-state index in [9.17, 15) is 4.79 Å². The molecular formula is C10H14BrNOS. The van der Waals surface area contributed by atoms with Crippen molar-refractivity contribution in [3.63, 3.8) is 0 Å². The second kappa shape index (κ2) is 6.19. The molecule has 0 aromatic carbocycles. The number of amides is 1. The maximum Gasteiger partial charge on any atom is 0.252 e. The lowest BCUT2D eigenvalue weighted by Gasteiger charge is -2.07. The highest BCUT2D eigenvalue weighted by atomic mass is 79.9. The van der Waals surface area contributed by atoms with Crippen LogP contribution >= 0.6 is 27.3 Å². The van der Waals surface area contributed by atoms with E-state index >= 15 is 0 Å². The number of nitrogens with one attached hydrogen (secondary N) is 1. The molecule has 0 aliphatic heterocycles. The van der Waals surface area contributed by atoms with Crippen molar-refractivity contribution < 1.29 is 4.79 Å². The van der Waals surface area contributed by atoms with E-state index in [1.807, 2.05) is 16.8 Å². The summed E-state index contributed by atoms with van der Waals surface area (Å²) in [6.07, 6.45) is 2.07. The third kappa shape index (κ3) is 3.80. The van der Waals surface area contributed by atoms with E-state index in [1.54, 1.807) is 11.3 Å². The molecule has 14 heavy (non-hydrogen) atoms. The first-order chi connectivity index (χ1) is 6.74. The van der Waals surface area contributed by atoms with Gasteiger partial charge in [-0.05, 0) is 24.3 Å². The van der Waals surface area contributed by atoms with Gasteiger partial charge < -0.3 is 5.32 Å². The number of hydrogen-bond acceptors (Lipinski definition) is 2. The van der Waals surface area contributed by atoms with Crippen LogP contribution in [0.2, 0.25) is 0 Å². The standard InChI is InChI=1S/C10H14BrNOS/c1-2-9(11)3-5-12-10(13)8-4-6-14-7-8/h4,6-7,9H,2-3,5H2,1H3,(H,12,13). The highest BCUT2D eigenvalue weighted by molar-refractivity contribution is 9.09. The molecule has 1 unspecified atom stereocenters. The highest BCUT2D eigenvalue weighted by Gasteiger charge is 2.05. The summed E-state index contributed by atoms with van der Waals surface area (Å²) in [4.78, 5) is 12.0. The van der Waals surface area contributed by atoms with E-state index in [4.69, 9.17) is 0 Å². The van der Waals surface area contributed by atoms with Gasteiger partial charge in [-0.15, -0.1) is 0 Å². The number of halogens is 1. The van der Waals surface area contributed by atoms with Gasteiger partial charge in [0.05, 0.1) is 0 Å². The topological polar surface area (TPSA) is 29.1 Å². The van der Waals surface area contributed by atoms with E-state index in [-0.39, 0.29) is 5.91 Å². The molecule has 1 atom stereocenters. The summed E-state index contributed by atoms with van der Waals surface area (Å²) in [5.74, 6) is 0.0297. The lowest BCUT2D eigenvalue weighted by atomic mass is 10.2. The summed E-state index contributed by atoms with van der Waals surface area (Å²) in [6, 6.07) is 1.84. The maximum atomic E-state index is 11.5. The van der Waals surface area contributed by atoms with Gasteiger partial charge in [-0.25, -0.2) is 0 Å². The minimum absolute atomic E-state index is 0.0297. The van der Waals surface area contributed by atoms with Crippen LogP contribution in [-0.4, -0.2) is 17.3 Å². The van der Waals surface area contributed by atoms with Crippen LogP contribution in [0.25, 0.3) is 0 Å². The molecule has 1 N–H and O–H groups in total. The zero-order valence-corrected chi connectivity index (χ0v) is 10.5. The Bertz CT molecular complexity index is 274. The summed E-state index contributed by atoms with van der Waals surface area (Å²) >= 11 is 5.07. The Morgan fingerprint density at radius 2 is 2.50 bits per heavy atom. The molecule has 0 aliphatic rings. The Balaban J connectivity index is 2.23. The Labute approximate surface area is 96.8 Å². The summed E-state index contributed by atoms with van der Waals surface area (Å²) in [6.45, 7) is 2.86. The van der Waals surface area contributed by atoms with E-state index in [2.05, 4.69) is 28.2 Å². The fourth-order valence-corrected chi connectivity index (χ4v) is 1.91. The molecular weight excluding hydrogens is 262 g/mol. The van der Waals surface area contributed by atoms with Gasteiger partial charge in [-0.3, -0.25) is 4.79 Å². The van der Waals surface area contributed by atoms with E-state index in [0.29, 0.717) is 4.83 Å². The molecule has 0 saturated heterocycles. The molecule has 78 valence electrons. The van der Waals surface area contributed by atoms with Crippen molar-refractivity contribution in [3.05, 3.63) is 22.4 Å². The largest absolute Gasteiger partial charge is 0.352 e. The minimum Gasteiger partial charge on any atom is -0.352 e. The summed E-state index contributed by atoms with van der Waals surface area (Å²) < 4.78 is 0. The summed E-state index contributed by atoms with van der Waals surface area (Å²) in [5, 5.41) is 6.66. The molecule has 0 saturated carbocycles. The van der Waals surface area contributed by atoms with Crippen LogP contribution in [0.3, 0.4) is 0 Å². The van der Waals surface area contributed by atoms with Crippen molar-refractivity contribution in [3.8, 4) is 0 Å². The fraction of sp³-hybridized carbons (Fsp3) is 0.500. The Kier molecular flexibility index (Phi) is 5.19. The molecule has 1 rings (SSSR count). The Hall–Kier alpha value is -0.350. The molecule has 1 amide bonds. The number of carbonyl (C=O) groups excluding carboxylic acids is 1. The van der Waals surface area contributed by atoms with Crippen LogP contribution in [0.1, 0.15) is 30.1 Å². The number of alkyl halides is 1. The highest BCUT2D eigenvalue weighted by Crippen LogP contribution is 2.08. The molecule has 0 aliphatic carbocycles. The SMILES string of the molecule is CCC(Br)CCNC(=O)c1ccsc1. The van der Waals surface area contributed by atoms with Crippen molar-refractivity contribution in [2.24, 2.45) is 0 Å². The Morgan fingerprint density at radius 1 is 1.71 bits per heavy atom. The van der Waals surface area contributed by atoms with Gasteiger partial charge in [0.15, 0.2) is 0 Å². The maximum absolute atomic E-state index is 11.5. The van der Waals surface area contributed by atoms with E-state index in [1.165, 1.54) is 0 Å². The molecule has 1 aromatic rings. The third-order valence-electron chi connectivity index (χ3n) is 1.97. The monoisotopic (exact) mass is 275 g/mol. The predicted octanol–water partition coefficient (Wildman–Crippen LogP) is 3.04. The van der Waals surface area contributed by atoms with Crippen LogP contribution < -0.4 is 5.32 Å². The van der Waals surface area contributed by atoms with Crippen molar-refractivity contribution in [1.29, 1.82) is 0 Å². The van der Waals surface area contributed by atoms with Crippen LogP contribution in [-0.2, 0) is 0 Å². The van der Waals surface area contributed by atoms with Gasteiger partial charge >= 0.3 is 0 Å². The number of rotatable bonds is 5. The van der Waals surface area contributed by atoms with E-state index in [0.717, 1.165) is 24.9 Å². The number of thiophene rings is 1. The number of hydrogen-bond donors (Lipinski definition) is 1. The van der Waals surface area contributed by atoms with Gasteiger partial charge in [0.1, 0.15) is 0 Å². The van der Waals surface area contributed by atoms with Gasteiger partial charge in [-0.2, -0.15) is 11.3 Å². The summed E-state index contributed by atoms with van der Waals surface area (Å²) in [5.41, 5.74) is 0.762. The first kappa shape index (κ1) is 11.7. The van der Waals surface area contributed by atoms with Crippen molar-refractivity contribution in [2.45, 2.75) is 24.6 Å². The average molecular weight is 276 g/mol. The molecule has 2 nitrogen and oxygen atoms in total. The third-order valence-corrected chi connectivity index (χ3v) is 3.76.